The zero-order valence-electron chi connectivity index (χ0n) is 21.9. The number of fused-ring (bicyclic) bond motifs is 3. The summed E-state index contributed by atoms with van der Waals surface area (Å²) in [6.07, 6.45) is 1.66. The minimum absolute atomic E-state index is 0.112. The molecular weight excluding hydrogens is 472 g/mol. The Balaban J connectivity index is 1.36. The molecule has 3 heterocycles. The van der Waals surface area contributed by atoms with Crippen LogP contribution in [0.1, 0.15) is 36.8 Å². The van der Waals surface area contributed by atoms with Crippen LogP contribution >= 0.6 is 0 Å². The zero-order chi connectivity index (χ0) is 26.1. The number of nitrogens with zero attached hydrogens (tertiary/aromatic N) is 6. The largest absolute Gasteiger partial charge is 0.340 e. The van der Waals surface area contributed by atoms with E-state index in [2.05, 4.69) is 69.7 Å². The van der Waals surface area contributed by atoms with Gasteiger partial charge in [0.2, 0.25) is 11.9 Å². The smallest absolute Gasteiger partial charge is 0.230 e. The van der Waals surface area contributed by atoms with Gasteiger partial charge in [0.25, 0.3) is 0 Å². The van der Waals surface area contributed by atoms with Crippen LogP contribution in [0.2, 0.25) is 0 Å². The summed E-state index contributed by atoms with van der Waals surface area (Å²) in [4.78, 5) is 23.0. The summed E-state index contributed by atoms with van der Waals surface area (Å²) in [6, 6.07) is 26.6. The molecule has 1 atom stereocenters. The van der Waals surface area contributed by atoms with Crippen molar-refractivity contribution in [2.75, 3.05) is 31.1 Å². The van der Waals surface area contributed by atoms with Gasteiger partial charge in [-0.1, -0.05) is 79.2 Å². The molecule has 2 aromatic heterocycles. The molecule has 1 aliphatic rings. The lowest BCUT2D eigenvalue weighted by Crippen LogP contribution is -2.38. The molecule has 0 radical (unpaired) electrons. The summed E-state index contributed by atoms with van der Waals surface area (Å²) in [7, 11) is 0. The van der Waals surface area contributed by atoms with Crippen LogP contribution in [0.5, 0.6) is 0 Å². The molecular formula is C31H32N6O. The predicted octanol–water partition coefficient (Wildman–Crippen LogP) is 5.49. The van der Waals surface area contributed by atoms with Crippen molar-refractivity contribution in [3.63, 3.8) is 0 Å². The van der Waals surface area contributed by atoms with Gasteiger partial charge in [0.05, 0.1) is 11.4 Å². The topological polar surface area (TPSA) is 66.6 Å². The van der Waals surface area contributed by atoms with E-state index in [0.717, 1.165) is 65.4 Å². The summed E-state index contributed by atoms with van der Waals surface area (Å²) in [5, 5.41) is 10.2. The number of hydrogen-bond acceptors (Lipinski definition) is 5. The van der Waals surface area contributed by atoms with E-state index in [1.165, 1.54) is 5.56 Å². The third-order valence-electron chi connectivity index (χ3n) is 7.54. The molecule has 1 fully saturated rings. The first-order chi connectivity index (χ1) is 18.6. The number of aryl methyl sites for hydroxylation is 1. The predicted molar refractivity (Wildman–Crippen MR) is 151 cm³/mol. The van der Waals surface area contributed by atoms with Gasteiger partial charge >= 0.3 is 0 Å². The van der Waals surface area contributed by atoms with Crippen LogP contribution in [-0.4, -0.2) is 56.6 Å². The van der Waals surface area contributed by atoms with Gasteiger partial charge in [0, 0.05) is 37.1 Å². The summed E-state index contributed by atoms with van der Waals surface area (Å²) >= 11 is 0. The number of anilines is 1. The number of carbonyl (C=O) groups is 1. The third-order valence-corrected chi connectivity index (χ3v) is 7.54. The molecule has 0 unspecified atom stereocenters. The Labute approximate surface area is 222 Å². The van der Waals surface area contributed by atoms with E-state index < -0.39 is 0 Å². The Bertz CT molecular complexity index is 1580. The monoisotopic (exact) mass is 504 g/mol. The highest BCUT2D eigenvalue weighted by Gasteiger charge is 2.28. The normalized spacial score (nSPS) is 15.1. The van der Waals surface area contributed by atoms with Gasteiger partial charge in [-0.2, -0.15) is 0 Å². The first-order valence-corrected chi connectivity index (χ1v) is 13.4. The van der Waals surface area contributed by atoms with E-state index in [0.29, 0.717) is 13.1 Å². The van der Waals surface area contributed by atoms with Gasteiger partial charge in [-0.15, -0.1) is 10.2 Å². The van der Waals surface area contributed by atoms with Gasteiger partial charge in [0.15, 0.2) is 11.5 Å². The Morgan fingerprint density at radius 2 is 1.63 bits per heavy atom. The van der Waals surface area contributed by atoms with Gasteiger partial charge < -0.3 is 9.80 Å². The molecule has 0 aliphatic carbocycles. The summed E-state index contributed by atoms with van der Waals surface area (Å²) < 4.78 is 2.09. The number of benzene rings is 3. The highest BCUT2D eigenvalue weighted by molar-refractivity contribution is 5.93. The third kappa shape index (κ3) is 4.38. The molecule has 0 bridgehead atoms. The number of hydrogen-bond donors (Lipinski definition) is 0. The van der Waals surface area contributed by atoms with Crippen molar-refractivity contribution in [1.82, 2.24) is 24.5 Å². The molecule has 7 nitrogen and oxygen atoms in total. The molecule has 1 saturated heterocycles. The van der Waals surface area contributed by atoms with E-state index in [1.54, 1.807) is 0 Å². The van der Waals surface area contributed by atoms with E-state index in [4.69, 9.17) is 4.98 Å². The van der Waals surface area contributed by atoms with Gasteiger partial charge in [-0.25, -0.2) is 9.38 Å². The van der Waals surface area contributed by atoms with Crippen LogP contribution in [0.4, 0.5) is 5.95 Å². The second-order valence-corrected chi connectivity index (χ2v) is 10.0. The van der Waals surface area contributed by atoms with Gasteiger partial charge in [0.1, 0.15) is 0 Å². The Morgan fingerprint density at radius 3 is 2.42 bits per heavy atom. The maximum Gasteiger partial charge on any atom is 0.230 e. The first kappa shape index (κ1) is 24.1. The average Bonchev–Trinajstić information content (AvgIpc) is 3.25. The number of aromatic nitrogens is 4. The quantitative estimate of drug-likeness (QED) is 0.317. The van der Waals surface area contributed by atoms with E-state index in [-0.39, 0.29) is 11.8 Å². The number of amides is 1. The molecule has 38 heavy (non-hydrogen) atoms. The minimum Gasteiger partial charge on any atom is -0.340 e. The van der Waals surface area contributed by atoms with E-state index in [9.17, 15) is 4.79 Å². The van der Waals surface area contributed by atoms with Crippen LogP contribution in [0.3, 0.4) is 0 Å². The minimum atomic E-state index is -0.112. The van der Waals surface area contributed by atoms with Crippen LogP contribution in [0.25, 0.3) is 27.9 Å². The molecule has 5 aromatic rings. The summed E-state index contributed by atoms with van der Waals surface area (Å²) in [5.41, 5.74) is 4.98. The fraction of sp³-hybridized carbons (Fsp3) is 0.290. The molecule has 0 spiro atoms. The van der Waals surface area contributed by atoms with Crippen LogP contribution < -0.4 is 4.90 Å². The van der Waals surface area contributed by atoms with Crippen LogP contribution in [-0.2, 0) is 4.79 Å². The number of para-hydroxylation sites is 1. The highest BCUT2D eigenvalue weighted by atomic mass is 16.2. The zero-order valence-corrected chi connectivity index (χ0v) is 21.9. The van der Waals surface area contributed by atoms with Crippen molar-refractivity contribution >= 4 is 28.4 Å². The molecule has 7 heteroatoms. The fourth-order valence-electron chi connectivity index (χ4n) is 5.46. The van der Waals surface area contributed by atoms with E-state index >= 15 is 0 Å². The molecule has 1 aliphatic heterocycles. The summed E-state index contributed by atoms with van der Waals surface area (Å²) in [6.45, 7) is 7.06. The Morgan fingerprint density at radius 1 is 0.868 bits per heavy atom. The fourth-order valence-corrected chi connectivity index (χ4v) is 5.46. The van der Waals surface area contributed by atoms with Crippen LogP contribution in [0, 0.1) is 6.92 Å². The van der Waals surface area contributed by atoms with Crippen LogP contribution in [0.15, 0.2) is 78.9 Å². The SMILES string of the molecule is CC[C@H](C(=O)N1CCCN(c2nc3ccccc3c3nnc(-c4ccc(C)cc4)n23)CC1)c1ccccc1. The lowest BCUT2D eigenvalue weighted by molar-refractivity contribution is -0.132. The van der Waals surface area contributed by atoms with Crippen molar-refractivity contribution in [3.05, 3.63) is 90.0 Å². The Hall–Kier alpha value is -4.26. The first-order valence-electron chi connectivity index (χ1n) is 13.4. The number of carbonyl (C=O) groups excluding carboxylic acids is 1. The summed E-state index contributed by atoms with van der Waals surface area (Å²) in [5.74, 6) is 1.70. The maximum atomic E-state index is 13.6. The van der Waals surface area contributed by atoms with Crippen molar-refractivity contribution in [1.29, 1.82) is 0 Å². The van der Waals surface area contributed by atoms with Crippen molar-refractivity contribution in [2.24, 2.45) is 0 Å². The Kier molecular flexibility index (Phi) is 6.50. The molecule has 0 N–H and O–H groups in total. The van der Waals surface area contributed by atoms with Crippen molar-refractivity contribution < 1.29 is 4.79 Å². The second kappa shape index (κ2) is 10.2. The molecule has 1 amide bonds. The maximum absolute atomic E-state index is 13.6. The number of rotatable bonds is 5. The molecule has 0 saturated carbocycles. The standard InChI is InChI=1S/C31H32N6O/c1-3-25(23-10-5-4-6-11-23)30(38)35-18-9-19-36(21-20-35)31-32-27-13-8-7-12-26(27)29-34-33-28(37(29)31)24-16-14-22(2)15-17-24/h4-8,10-17,25H,3,9,18-21H2,1-2H3/t25-/m0/s1. The second-order valence-electron chi connectivity index (χ2n) is 10.0. The highest BCUT2D eigenvalue weighted by Crippen LogP contribution is 2.30. The molecule has 3 aromatic carbocycles. The van der Waals surface area contributed by atoms with E-state index in [1.807, 2.05) is 47.4 Å². The van der Waals surface area contributed by atoms with Gasteiger partial charge in [-0.05, 0) is 37.5 Å². The lowest BCUT2D eigenvalue weighted by Gasteiger charge is -2.27. The lowest BCUT2D eigenvalue weighted by atomic mass is 9.95. The van der Waals surface area contributed by atoms with Crippen molar-refractivity contribution in [2.45, 2.75) is 32.6 Å². The van der Waals surface area contributed by atoms with Gasteiger partial charge in [-0.3, -0.25) is 4.79 Å². The molecule has 6 rings (SSSR count). The average molecular weight is 505 g/mol. The van der Waals surface area contributed by atoms with Crippen molar-refractivity contribution in [3.8, 4) is 11.4 Å². The molecule has 192 valence electrons.